The number of aromatic nitrogens is 1. The fraction of sp³-hybridized carbons (Fsp3) is 0. The second-order valence-corrected chi connectivity index (χ2v) is 4.84. The van der Waals surface area contributed by atoms with Gasteiger partial charge in [-0.3, -0.25) is 0 Å². The Morgan fingerprint density at radius 2 is 1.65 bits per heavy atom. The average Bonchev–Trinajstić information content (AvgIpc) is 2.53. The fourth-order valence-electron chi connectivity index (χ4n) is 2.48. The Kier molecular flexibility index (Phi) is 3.42. The number of hydrogen-bond donors (Lipinski definition) is 1. The van der Waals surface area contributed by atoms with Crippen molar-refractivity contribution in [2.24, 2.45) is 0 Å². The molecule has 114 valence electrons. The molecule has 0 bridgehead atoms. The Hall–Kier alpha value is -3.41. The Balaban J connectivity index is 2.48. The van der Waals surface area contributed by atoms with Gasteiger partial charge < -0.3 is 20.1 Å². The minimum atomic E-state index is -1.51. The van der Waals surface area contributed by atoms with Crippen LogP contribution < -0.4 is 10.2 Å². The smallest absolute Gasteiger partial charge is 0.355 e. The minimum Gasteiger partial charge on any atom is -0.872 e. The van der Waals surface area contributed by atoms with E-state index in [1.165, 1.54) is 36.4 Å². The molecule has 0 unspecified atom stereocenters. The van der Waals surface area contributed by atoms with Crippen molar-refractivity contribution in [1.29, 1.82) is 0 Å². The van der Waals surface area contributed by atoms with E-state index in [0.29, 0.717) is 0 Å². The van der Waals surface area contributed by atoms with Gasteiger partial charge >= 0.3 is 5.97 Å². The number of carboxylic acid groups (broad SMARTS) is 2. The van der Waals surface area contributed by atoms with Gasteiger partial charge in [0.05, 0.1) is 11.5 Å². The van der Waals surface area contributed by atoms with Gasteiger partial charge in [-0.1, -0.05) is 42.5 Å². The molecule has 0 radical (unpaired) electrons. The van der Waals surface area contributed by atoms with E-state index in [2.05, 4.69) is 4.98 Å². The van der Waals surface area contributed by atoms with E-state index in [0.717, 1.165) is 0 Å². The lowest BCUT2D eigenvalue weighted by Gasteiger charge is -2.17. The van der Waals surface area contributed by atoms with E-state index in [4.69, 9.17) is 0 Å². The third kappa shape index (κ3) is 2.46. The van der Waals surface area contributed by atoms with Crippen LogP contribution in [0.4, 0.5) is 0 Å². The van der Waals surface area contributed by atoms with Crippen molar-refractivity contribution < 1.29 is 24.9 Å². The number of benzene rings is 2. The molecule has 3 aromatic rings. The molecule has 0 spiro atoms. The molecule has 1 aromatic heterocycles. The Morgan fingerprint density at radius 1 is 1.00 bits per heavy atom. The summed E-state index contributed by atoms with van der Waals surface area (Å²) in [5, 5.41) is 32.6. The van der Waals surface area contributed by atoms with Gasteiger partial charge in [-0.25, -0.2) is 9.78 Å². The number of carboxylic acids is 2. The molecule has 23 heavy (non-hydrogen) atoms. The maximum absolute atomic E-state index is 11.7. The lowest BCUT2D eigenvalue weighted by molar-refractivity contribution is -0.268. The summed E-state index contributed by atoms with van der Waals surface area (Å²) >= 11 is 0. The molecular formula is C17H9NO5-2. The second kappa shape index (κ2) is 5.42. The molecule has 0 aliphatic carbocycles. The molecule has 0 fully saturated rings. The molecule has 0 saturated carbocycles. The van der Waals surface area contributed by atoms with Crippen molar-refractivity contribution in [3.8, 4) is 16.9 Å². The molecule has 6 heteroatoms. The van der Waals surface area contributed by atoms with Crippen molar-refractivity contribution in [2.45, 2.75) is 0 Å². The first-order valence-corrected chi connectivity index (χ1v) is 6.64. The van der Waals surface area contributed by atoms with Crippen LogP contribution in [0.25, 0.3) is 22.0 Å². The fourth-order valence-corrected chi connectivity index (χ4v) is 2.48. The van der Waals surface area contributed by atoms with Crippen molar-refractivity contribution in [1.82, 2.24) is 4.98 Å². The van der Waals surface area contributed by atoms with Crippen molar-refractivity contribution in [3.05, 3.63) is 59.8 Å². The summed E-state index contributed by atoms with van der Waals surface area (Å²) in [7, 11) is 0. The second-order valence-electron chi connectivity index (χ2n) is 4.84. The standard InChI is InChI=1S/C17H11NO5/c19-10-7-5-9(6-8-10)13-14(16(20)21)11-3-1-2-4-12(11)18-15(13)17(22)23/h1-8,19H,(H,20,21)(H,22,23)/p-2. The number of para-hydroxylation sites is 1. The van der Waals surface area contributed by atoms with Crippen LogP contribution >= 0.6 is 0 Å². The number of hydrogen-bond acceptors (Lipinski definition) is 5. The topological polar surface area (TPSA) is 113 Å². The van der Waals surface area contributed by atoms with Gasteiger partial charge in [-0.2, -0.15) is 0 Å². The van der Waals surface area contributed by atoms with Crippen LogP contribution in [0, 0.1) is 0 Å². The van der Waals surface area contributed by atoms with Crippen molar-refractivity contribution in [3.63, 3.8) is 0 Å². The molecule has 3 rings (SSSR count). The summed E-state index contributed by atoms with van der Waals surface area (Å²) < 4.78 is 0. The molecule has 0 aliphatic heterocycles. The van der Waals surface area contributed by atoms with Crippen LogP contribution in [0.1, 0.15) is 20.8 Å². The lowest BCUT2D eigenvalue weighted by Crippen LogP contribution is -2.25. The van der Waals surface area contributed by atoms with Crippen molar-refractivity contribution >= 4 is 22.8 Å². The van der Waals surface area contributed by atoms with Gasteiger partial charge in [0.2, 0.25) is 0 Å². The summed E-state index contributed by atoms with van der Waals surface area (Å²) in [6, 6.07) is 11.5. The van der Waals surface area contributed by atoms with Crippen molar-refractivity contribution in [2.75, 3.05) is 0 Å². The van der Waals surface area contributed by atoms with Crippen LogP contribution in [0.15, 0.2) is 48.5 Å². The highest BCUT2D eigenvalue weighted by atomic mass is 16.4. The molecule has 0 amide bonds. The summed E-state index contributed by atoms with van der Waals surface area (Å²) in [5.41, 5.74) is -0.211. The van der Waals surface area contributed by atoms with E-state index < -0.39 is 17.6 Å². The van der Waals surface area contributed by atoms with Crippen LogP contribution in [0.3, 0.4) is 0 Å². The molecule has 0 saturated heterocycles. The quantitative estimate of drug-likeness (QED) is 0.773. The molecule has 1 heterocycles. The maximum atomic E-state index is 11.7. The molecule has 2 aromatic carbocycles. The van der Waals surface area contributed by atoms with Gasteiger partial charge in [0, 0.05) is 16.5 Å². The predicted molar refractivity (Wildman–Crippen MR) is 77.9 cm³/mol. The summed E-state index contributed by atoms with van der Waals surface area (Å²) in [5.74, 6) is -3.14. The molecule has 6 nitrogen and oxygen atoms in total. The van der Waals surface area contributed by atoms with Gasteiger partial charge in [-0.15, -0.1) is 5.75 Å². The summed E-state index contributed by atoms with van der Waals surface area (Å²) in [6.07, 6.45) is 0. The van der Waals surface area contributed by atoms with E-state index >= 15 is 0 Å². The zero-order valence-electron chi connectivity index (χ0n) is 11.6. The van der Waals surface area contributed by atoms with Gasteiger partial charge in [0.15, 0.2) is 5.69 Å². The predicted octanol–water partition coefficient (Wildman–Crippen LogP) is 1.04. The number of pyridine rings is 1. The third-order valence-corrected chi connectivity index (χ3v) is 3.44. The van der Waals surface area contributed by atoms with Gasteiger partial charge in [-0.05, 0) is 11.6 Å². The zero-order chi connectivity index (χ0) is 16.6. The molecule has 0 atom stereocenters. The Labute approximate surface area is 130 Å². The summed E-state index contributed by atoms with van der Waals surface area (Å²) in [6.45, 7) is 0. The monoisotopic (exact) mass is 307 g/mol. The highest BCUT2D eigenvalue weighted by Gasteiger charge is 2.21. The average molecular weight is 307 g/mol. The first-order valence-electron chi connectivity index (χ1n) is 6.64. The minimum absolute atomic E-state index is 0.0730. The van der Waals surface area contributed by atoms with Crippen LogP contribution in [0.2, 0.25) is 0 Å². The summed E-state index contributed by atoms with van der Waals surface area (Å²) in [4.78, 5) is 27.2. The lowest BCUT2D eigenvalue weighted by atomic mass is 9.94. The number of aromatic carboxylic acids is 2. The number of fused-ring (bicyclic) bond motifs is 1. The SMILES string of the molecule is O=C(O)c1nc2ccccc2c(C(=O)[O-])c1-c1ccc([O-])cc1. The third-order valence-electron chi connectivity index (χ3n) is 3.44. The molecule has 1 N–H and O–H groups in total. The van der Waals surface area contributed by atoms with Gasteiger partial charge in [0.25, 0.3) is 0 Å². The number of rotatable bonds is 3. The number of carbonyl (C=O) groups excluding carboxylic acids is 1. The highest BCUT2D eigenvalue weighted by Crippen LogP contribution is 2.32. The largest absolute Gasteiger partial charge is 0.872 e. The van der Waals surface area contributed by atoms with Crippen LogP contribution in [-0.2, 0) is 0 Å². The first-order chi connectivity index (χ1) is 11.0. The Bertz CT molecular complexity index is 932. The molecular weight excluding hydrogens is 298 g/mol. The normalized spacial score (nSPS) is 10.6. The van der Waals surface area contributed by atoms with Crippen LogP contribution in [0.5, 0.6) is 5.75 Å². The number of carbonyl (C=O) groups is 2. The van der Waals surface area contributed by atoms with E-state index in [9.17, 15) is 24.9 Å². The van der Waals surface area contributed by atoms with Crippen LogP contribution in [-0.4, -0.2) is 22.0 Å². The van der Waals surface area contributed by atoms with Gasteiger partial charge in [0.1, 0.15) is 0 Å². The van der Waals surface area contributed by atoms with E-state index in [1.54, 1.807) is 12.1 Å². The van der Waals surface area contributed by atoms with E-state index in [1.807, 2.05) is 0 Å². The Morgan fingerprint density at radius 3 is 2.26 bits per heavy atom. The molecule has 0 aliphatic rings. The number of nitrogens with zero attached hydrogens (tertiary/aromatic N) is 1. The first kappa shape index (κ1) is 14.5. The maximum Gasteiger partial charge on any atom is 0.355 e. The van der Waals surface area contributed by atoms with E-state index in [-0.39, 0.29) is 33.3 Å². The highest BCUT2D eigenvalue weighted by molar-refractivity contribution is 6.12. The zero-order valence-corrected chi connectivity index (χ0v) is 11.6.